The lowest BCUT2D eigenvalue weighted by atomic mass is 10.1. The van der Waals surface area contributed by atoms with E-state index >= 15 is 0 Å². The van der Waals surface area contributed by atoms with Crippen LogP contribution in [0.2, 0.25) is 0 Å². The van der Waals surface area contributed by atoms with Crippen LogP contribution in [0, 0.1) is 13.8 Å². The van der Waals surface area contributed by atoms with Crippen molar-refractivity contribution in [2.45, 2.75) is 20.3 Å². The third-order valence-corrected chi connectivity index (χ3v) is 4.68. The fourth-order valence-corrected chi connectivity index (χ4v) is 3.14. The zero-order chi connectivity index (χ0) is 20.9. The first-order chi connectivity index (χ1) is 14.6. The molecular weight excluding hydrogens is 376 g/mol. The topological polar surface area (TPSA) is 80.0 Å². The van der Waals surface area contributed by atoms with Gasteiger partial charge in [-0.1, -0.05) is 35.9 Å². The number of anilines is 3. The van der Waals surface area contributed by atoms with Gasteiger partial charge in [0.25, 0.3) is 6.01 Å². The molecule has 0 fully saturated rings. The van der Waals surface area contributed by atoms with Gasteiger partial charge in [0, 0.05) is 29.3 Å². The van der Waals surface area contributed by atoms with Gasteiger partial charge in [-0.2, -0.15) is 0 Å². The minimum absolute atomic E-state index is 0.0634. The van der Waals surface area contributed by atoms with Crippen molar-refractivity contribution < 1.29 is 9.21 Å². The second kappa shape index (κ2) is 8.61. The number of rotatable bonds is 6. The number of amides is 1. The standard InChI is InChI=1S/C24H22N4O2/c1-16-4-3-5-18(12-16)13-23(29)27-20-7-6-17(2)21(14-20)28-24-26-15-22(30-24)19-8-10-25-11-9-19/h3-12,14-15H,13H2,1-2H3,(H,26,28)(H,27,29). The summed E-state index contributed by atoms with van der Waals surface area (Å²) in [5.41, 5.74) is 5.56. The van der Waals surface area contributed by atoms with Gasteiger partial charge in [-0.15, -0.1) is 0 Å². The molecule has 0 aliphatic carbocycles. The average molecular weight is 398 g/mol. The van der Waals surface area contributed by atoms with Crippen LogP contribution in [-0.4, -0.2) is 15.9 Å². The number of carbonyl (C=O) groups excluding carboxylic acids is 1. The molecule has 0 atom stereocenters. The summed E-state index contributed by atoms with van der Waals surface area (Å²) in [5, 5.41) is 6.15. The SMILES string of the molecule is Cc1cccc(CC(=O)Nc2ccc(C)c(Nc3ncc(-c4ccncc4)o3)c2)c1. The number of aryl methyl sites for hydroxylation is 2. The molecule has 0 saturated heterocycles. The smallest absolute Gasteiger partial charge is 0.299 e. The molecule has 1 amide bonds. The van der Waals surface area contributed by atoms with Gasteiger partial charge in [0.05, 0.1) is 12.6 Å². The fraction of sp³-hybridized carbons (Fsp3) is 0.125. The Balaban J connectivity index is 1.46. The van der Waals surface area contributed by atoms with Crippen LogP contribution in [0.1, 0.15) is 16.7 Å². The van der Waals surface area contributed by atoms with E-state index in [0.29, 0.717) is 23.9 Å². The first-order valence-corrected chi connectivity index (χ1v) is 9.66. The van der Waals surface area contributed by atoms with Gasteiger partial charge in [-0.05, 0) is 49.2 Å². The van der Waals surface area contributed by atoms with Crippen molar-refractivity contribution in [3.63, 3.8) is 0 Å². The lowest BCUT2D eigenvalue weighted by Gasteiger charge is -2.11. The molecule has 4 aromatic rings. The molecule has 4 rings (SSSR count). The number of carbonyl (C=O) groups is 1. The van der Waals surface area contributed by atoms with E-state index in [1.54, 1.807) is 18.6 Å². The normalized spacial score (nSPS) is 10.6. The molecule has 6 nitrogen and oxygen atoms in total. The second-order valence-electron chi connectivity index (χ2n) is 7.13. The maximum atomic E-state index is 12.4. The first kappa shape index (κ1) is 19.4. The summed E-state index contributed by atoms with van der Waals surface area (Å²) in [7, 11) is 0. The number of benzene rings is 2. The summed E-state index contributed by atoms with van der Waals surface area (Å²) in [5.74, 6) is 0.590. The van der Waals surface area contributed by atoms with Gasteiger partial charge < -0.3 is 15.1 Å². The van der Waals surface area contributed by atoms with Crippen molar-refractivity contribution in [1.82, 2.24) is 9.97 Å². The van der Waals surface area contributed by atoms with Crippen LogP contribution >= 0.6 is 0 Å². The van der Waals surface area contributed by atoms with Gasteiger partial charge in [0.2, 0.25) is 5.91 Å². The van der Waals surface area contributed by atoms with Gasteiger partial charge in [0.1, 0.15) is 0 Å². The van der Waals surface area contributed by atoms with Crippen LogP contribution < -0.4 is 10.6 Å². The van der Waals surface area contributed by atoms with E-state index in [2.05, 4.69) is 20.6 Å². The Labute approximate surface area is 175 Å². The van der Waals surface area contributed by atoms with Gasteiger partial charge >= 0.3 is 0 Å². The summed E-state index contributed by atoms with van der Waals surface area (Å²) in [6.07, 6.45) is 5.41. The van der Waals surface area contributed by atoms with Crippen LogP contribution in [0.3, 0.4) is 0 Å². The molecule has 0 radical (unpaired) electrons. The van der Waals surface area contributed by atoms with Crippen molar-refractivity contribution >= 4 is 23.3 Å². The Morgan fingerprint density at radius 1 is 1.03 bits per heavy atom. The Morgan fingerprint density at radius 3 is 2.67 bits per heavy atom. The number of oxazole rings is 1. The minimum atomic E-state index is -0.0634. The highest BCUT2D eigenvalue weighted by atomic mass is 16.4. The van der Waals surface area contributed by atoms with E-state index in [-0.39, 0.29) is 5.91 Å². The van der Waals surface area contributed by atoms with Crippen LogP contribution in [0.25, 0.3) is 11.3 Å². The van der Waals surface area contributed by atoms with Crippen molar-refractivity contribution in [2.24, 2.45) is 0 Å². The molecule has 6 heteroatoms. The van der Waals surface area contributed by atoms with Crippen LogP contribution in [-0.2, 0) is 11.2 Å². The zero-order valence-corrected chi connectivity index (χ0v) is 16.8. The maximum absolute atomic E-state index is 12.4. The lowest BCUT2D eigenvalue weighted by molar-refractivity contribution is -0.115. The summed E-state index contributed by atoms with van der Waals surface area (Å²) >= 11 is 0. The molecule has 0 aliphatic rings. The minimum Gasteiger partial charge on any atom is -0.423 e. The van der Waals surface area contributed by atoms with Crippen molar-refractivity contribution in [2.75, 3.05) is 10.6 Å². The monoisotopic (exact) mass is 398 g/mol. The Kier molecular flexibility index (Phi) is 5.57. The Hall–Kier alpha value is -3.93. The number of hydrogen-bond donors (Lipinski definition) is 2. The van der Waals surface area contributed by atoms with E-state index in [4.69, 9.17) is 4.42 Å². The molecule has 2 aromatic heterocycles. The molecule has 0 bridgehead atoms. The van der Waals surface area contributed by atoms with Gasteiger partial charge in [-0.3, -0.25) is 9.78 Å². The third-order valence-electron chi connectivity index (χ3n) is 4.68. The number of pyridine rings is 1. The van der Waals surface area contributed by atoms with Crippen LogP contribution in [0.4, 0.5) is 17.4 Å². The van der Waals surface area contributed by atoms with Crippen molar-refractivity contribution in [3.8, 4) is 11.3 Å². The molecule has 2 aromatic carbocycles. The number of aromatic nitrogens is 2. The zero-order valence-electron chi connectivity index (χ0n) is 16.8. The van der Waals surface area contributed by atoms with E-state index in [1.807, 2.05) is 68.4 Å². The quantitative estimate of drug-likeness (QED) is 0.462. The molecule has 30 heavy (non-hydrogen) atoms. The van der Waals surface area contributed by atoms with E-state index in [9.17, 15) is 4.79 Å². The largest absolute Gasteiger partial charge is 0.423 e. The molecule has 0 aliphatic heterocycles. The summed E-state index contributed by atoms with van der Waals surface area (Å²) < 4.78 is 5.80. The summed E-state index contributed by atoms with van der Waals surface area (Å²) in [6.45, 7) is 4.00. The Morgan fingerprint density at radius 2 is 1.87 bits per heavy atom. The number of nitrogens with one attached hydrogen (secondary N) is 2. The molecule has 2 N–H and O–H groups in total. The van der Waals surface area contributed by atoms with Crippen LogP contribution in [0.5, 0.6) is 0 Å². The van der Waals surface area contributed by atoms with Crippen molar-refractivity contribution in [3.05, 3.63) is 89.9 Å². The van der Waals surface area contributed by atoms with E-state index in [0.717, 1.165) is 27.9 Å². The molecule has 150 valence electrons. The second-order valence-corrected chi connectivity index (χ2v) is 7.13. The number of hydrogen-bond acceptors (Lipinski definition) is 5. The first-order valence-electron chi connectivity index (χ1n) is 9.66. The lowest BCUT2D eigenvalue weighted by Crippen LogP contribution is -2.14. The predicted molar refractivity (Wildman–Crippen MR) is 118 cm³/mol. The maximum Gasteiger partial charge on any atom is 0.299 e. The fourth-order valence-electron chi connectivity index (χ4n) is 3.14. The van der Waals surface area contributed by atoms with Crippen molar-refractivity contribution in [1.29, 1.82) is 0 Å². The van der Waals surface area contributed by atoms with Gasteiger partial charge in [-0.25, -0.2) is 4.98 Å². The molecule has 0 unspecified atom stereocenters. The average Bonchev–Trinajstić information content (AvgIpc) is 3.20. The summed E-state index contributed by atoms with van der Waals surface area (Å²) in [4.78, 5) is 20.7. The molecular formula is C24H22N4O2. The van der Waals surface area contributed by atoms with E-state index < -0.39 is 0 Å². The van der Waals surface area contributed by atoms with Gasteiger partial charge in [0.15, 0.2) is 5.76 Å². The highest BCUT2D eigenvalue weighted by Gasteiger charge is 2.10. The summed E-state index contributed by atoms with van der Waals surface area (Å²) in [6, 6.07) is 17.8. The molecule has 0 saturated carbocycles. The molecule has 0 spiro atoms. The third kappa shape index (κ3) is 4.72. The van der Waals surface area contributed by atoms with E-state index in [1.165, 1.54) is 0 Å². The number of nitrogens with zero attached hydrogens (tertiary/aromatic N) is 2. The molecule has 2 heterocycles. The highest BCUT2D eigenvalue weighted by Crippen LogP contribution is 2.27. The predicted octanol–water partition coefficient (Wildman–Crippen LogP) is 5.28. The highest BCUT2D eigenvalue weighted by molar-refractivity contribution is 5.93. The van der Waals surface area contributed by atoms with Crippen LogP contribution in [0.15, 0.2) is 77.6 Å². The Bertz CT molecular complexity index is 1170.